The van der Waals surface area contributed by atoms with Crippen molar-refractivity contribution in [1.29, 1.82) is 0 Å². The predicted octanol–water partition coefficient (Wildman–Crippen LogP) is 3.37. The number of nitrogens with zero attached hydrogens (tertiary/aromatic N) is 2. The van der Waals surface area contributed by atoms with Crippen LogP contribution in [0.1, 0.15) is 21.5 Å². The zero-order valence-corrected chi connectivity index (χ0v) is 14.6. The molecule has 0 saturated carbocycles. The fraction of sp³-hybridized carbons (Fsp3) is 0.100. The molecule has 0 saturated heterocycles. The lowest BCUT2D eigenvalue weighted by Crippen LogP contribution is -2.29. The van der Waals surface area contributed by atoms with Crippen LogP contribution in [0, 0.1) is 17.0 Å². The minimum atomic E-state index is -0.563. The van der Waals surface area contributed by atoms with Crippen LogP contribution in [-0.4, -0.2) is 15.4 Å². The molecule has 7 nitrogen and oxygen atoms in total. The van der Waals surface area contributed by atoms with Crippen LogP contribution in [0.4, 0.5) is 11.4 Å². The second-order valence-electron chi connectivity index (χ2n) is 6.10. The summed E-state index contributed by atoms with van der Waals surface area (Å²) in [6.07, 6.45) is 1.63. The zero-order chi connectivity index (χ0) is 19.4. The summed E-state index contributed by atoms with van der Waals surface area (Å²) in [5.41, 5.74) is 1.95. The maximum absolute atomic E-state index is 12.6. The van der Waals surface area contributed by atoms with E-state index in [1.54, 1.807) is 12.3 Å². The molecule has 7 heteroatoms. The van der Waals surface area contributed by atoms with Crippen LogP contribution in [0.3, 0.4) is 0 Å². The fourth-order valence-electron chi connectivity index (χ4n) is 2.71. The third-order valence-electron chi connectivity index (χ3n) is 4.04. The number of carbonyl (C=O) groups excluding carboxylic acids is 1. The highest BCUT2D eigenvalue weighted by Crippen LogP contribution is 2.16. The summed E-state index contributed by atoms with van der Waals surface area (Å²) in [4.78, 5) is 35.3. The van der Waals surface area contributed by atoms with Gasteiger partial charge in [-0.2, -0.15) is 0 Å². The van der Waals surface area contributed by atoms with Crippen LogP contribution >= 0.6 is 0 Å². The van der Waals surface area contributed by atoms with Crippen LogP contribution in [0.25, 0.3) is 0 Å². The normalized spacial score (nSPS) is 10.4. The lowest BCUT2D eigenvalue weighted by Gasteiger charge is -2.09. The third-order valence-corrected chi connectivity index (χ3v) is 4.04. The number of aromatic nitrogens is 1. The van der Waals surface area contributed by atoms with E-state index < -0.39 is 16.4 Å². The molecule has 1 heterocycles. The molecule has 136 valence electrons. The maximum atomic E-state index is 12.6. The Morgan fingerprint density at radius 3 is 2.52 bits per heavy atom. The molecular formula is C20H17N3O4. The highest BCUT2D eigenvalue weighted by molar-refractivity contribution is 6.04. The van der Waals surface area contributed by atoms with Gasteiger partial charge < -0.3 is 9.88 Å². The number of benzene rings is 2. The molecule has 0 aliphatic heterocycles. The summed E-state index contributed by atoms with van der Waals surface area (Å²) in [5, 5.41) is 13.3. The Morgan fingerprint density at radius 2 is 1.85 bits per heavy atom. The zero-order valence-electron chi connectivity index (χ0n) is 14.6. The molecule has 0 fully saturated rings. The monoisotopic (exact) mass is 363 g/mol. The quantitative estimate of drug-likeness (QED) is 0.555. The first-order chi connectivity index (χ1) is 12.9. The number of rotatable bonds is 5. The number of hydrogen-bond acceptors (Lipinski definition) is 4. The highest BCUT2D eigenvalue weighted by atomic mass is 16.6. The molecule has 0 unspecified atom stereocenters. The number of nitro groups is 1. The number of pyridine rings is 1. The van der Waals surface area contributed by atoms with Crippen molar-refractivity contribution in [3.8, 4) is 0 Å². The van der Waals surface area contributed by atoms with Gasteiger partial charge in [-0.3, -0.25) is 19.7 Å². The molecule has 27 heavy (non-hydrogen) atoms. The number of aryl methyl sites for hydroxylation is 1. The summed E-state index contributed by atoms with van der Waals surface area (Å²) >= 11 is 0. The topological polar surface area (TPSA) is 94.2 Å². The van der Waals surface area contributed by atoms with Crippen molar-refractivity contribution < 1.29 is 9.72 Å². The minimum Gasteiger partial charge on any atom is -0.322 e. The van der Waals surface area contributed by atoms with Gasteiger partial charge in [0.05, 0.1) is 11.5 Å². The molecule has 2 aromatic carbocycles. The Kier molecular flexibility index (Phi) is 5.12. The first-order valence-corrected chi connectivity index (χ1v) is 8.25. The molecule has 0 radical (unpaired) electrons. The maximum Gasteiger partial charge on any atom is 0.269 e. The van der Waals surface area contributed by atoms with E-state index in [-0.39, 0.29) is 11.3 Å². The summed E-state index contributed by atoms with van der Waals surface area (Å²) in [6.45, 7) is 2.33. The largest absolute Gasteiger partial charge is 0.322 e. The van der Waals surface area contributed by atoms with E-state index >= 15 is 0 Å². The summed E-state index contributed by atoms with van der Waals surface area (Å²) in [5.74, 6) is -0.563. The van der Waals surface area contributed by atoms with E-state index in [1.807, 2.05) is 31.2 Å². The number of nitrogens with one attached hydrogen (secondary N) is 1. The van der Waals surface area contributed by atoms with E-state index in [0.717, 1.165) is 11.1 Å². The lowest BCUT2D eigenvalue weighted by molar-refractivity contribution is -0.384. The van der Waals surface area contributed by atoms with Crippen LogP contribution in [0.5, 0.6) is 0 Å². The number of nitro benzene ring substituents is 1. The van der Waals surface area contributed by atoms with Crippen molar-refractivity contribution in [1.82, 2.24) is 4.57 Å². The van der Waals surface area contributed by atoms with Crippen LogP contribution < -0.4 is 10.9 Å². The summed E-state index contributed by atoms with van der Waals surface area (Å²) < 4.78 is 1.47. The Morgan fingerprint density at radius 1 is 1.11 bits per heavy atom. The lowest BCUT2D eigenvalue weighted by atomic mass is 10.1. The van der Waals surface area contributed by atoms with Gasteiger partial charge >= 0.3 is 0 Å². The number of anilines is 1. The van der Waals surface area contributed by atoms with Crippen molar-refractivity contribution in [2.45, 2.75) is 13.5 Å². The molecule has 0 atom stereocenters. The fourth-order valence-corrected chi connectivity index (χ4v) is 2.71. The molecule has 3 aromatic rings. The second kappa shape index (κ2) is 7.65. The molecule has 1 amide bonds. The first-order valence-electron chi connectivity index (χ1n) is 8.25. The van der Waals surface area contributed by atoms with Crippen molar-refractivity contribution in [2.24, 2.45) is 0 Å². The molecule has 0 bridgehead atoms. The smallest absolute Gasteiger partial charge is 0.269 e. The van der Waals surface area contributed by atoms with E-state index in [0.29, 0.717) is 12.2 Å². The summed E-state index contributed by atoms with van der Waals surface area (Å²) in [7, 11) is 0. The van der Waals surface area contributed by atoms with Crippen molar-refractivity contribution >= 4 is 17.3 Å². The molecular weight excluding hydrogens is 346 g/mol. The summed E-state index contributed by atoms with van der Waals surface area (Å²) in [6, 6.07) is 16.3. The van der Waals surface area contributed by atoms with Crippen molar-refractivity contribution in [2.75, 3.05) is 5.32 Å². The van der Waals surface area contributed by atoms with Crippen LogP contribution in [0.15, 0.2) is 71.7 Å². The van der Waals surface area contributed by atoms with Crippen LogP contribution in [0.2, 0.25) is 0 Å². The van der Waals surface area contributed by atoms with Crippen molar-refractivity contribution in [3.05, 3.63) is 104 Å². The third kappa shape index (κ3) is 4.27. The highest BCUT2D eigenvalue weighted by Gasteiger charge is 2.13. The number of carbonyl (C=O) groups is 1. The first kappa shape index (κ1) is 18.1. The number of non-ortho nitro benzene ring substituents is 1. The van der Waals surface area contributed by atoms with Crippen molar-refractivity contribution in [3.63, 3.8) is 0 Å². The molecule has 1 aromatic heterocycles. The number of amides is 1. The molecule has 0 aliphatic carbocycles. The van der Waals surface area contributed by atoms with Gasteiger partial charge in [0.25, 0.3) is 17.2 Å². The van der Waals surface area contributed by atoms with Gasteiger partial charge in [0, 0.05) is 24.0 Å². The van der Waals surface area contributed by atoms with Gasteiger partial charge in [0.2, 0.25) is 0 Å². The van der Waals surface area contributed by atoms with E-state index in [2.05, 4.69) is 5.32 Å². The molecule has 0 aliphatic rings. The average Bonchev–Trinajstić information content (AvgIpc) is 2.64. The van der Waals surface area contributed by atoms with Gasteiger partial charge in [0.1, 0.15) is 5.56 Å². The van der Waals surface area contributed by atoms with Crippen LogP contribution in [-0.2, 0) is 6.54 Å². The molecule has 1 N–H and O–H groups in total. The Labute approximate surface area is 155 Å². The van der Waals surface area contributed by atoms with Gasteiger partial charge in [-0.25, -0.2) is 0 Å². The average molecular weight is 363 g/mol. The van der Waals surface area contributed by atoms with E-state index in [4.69, 9.17) is 0 Å². The van der Waals surface area contributed by atoms with Gasteiger partial charge in [-0.15, -0.1) is 0 Å². The van der Waals surface area contributed by atoms with Gasteiger partial charge in [0.15, 0.2) is 0 Å². The molecule has 3 rings (SSSR count). The second-order valence-corrected chi connectivity index (χ2v) is 6.10. The standard InChI is InChI=1S/C20H17N3O4/c1-14-4-2-5-15(12-14)13-22-11-3-6-18(20(22)25)19(24)21-16-7-9-17(10-8-16)23(26)27/h2-12H,13H2,1H3,(H,21,24). The predicted molar refractivity (Wildman–Crippen MR) is 102 cm³/mol. The Bertz CT molecular complexity index is 1060. The Balaban J connectivity index is 1.81. The SMILES string of the molecule is Cc1cccc(Cn2cccc(C(=O)Nc3ccc([N+](=O)[O-])cc3)c2=O)c1. The van der Waals surface area contributed by atoms with Gasteiger partial charge in [-0.1, -0.05) is 29.8 Å². The minimum absolute atomic E-state index is 0.00325. The van der Waals surface area contributed by atoms with Gasteiger partial charge in [-0.05, 0) is 36.8 Å². The van der Waals surface area contributed by atoms with E-state index in [9.17, 15) is 19.7 Å². The number of hydrogen-bond donors (Lipinski definition) is 1. The Hall–Kier alpha value is -3.74. The molecule has 0 spiro atoms. The van der Waals surface area contributed by atoms with E-state index in [1.165, 1.54) is 34.9 Å².